The molecule has 5 N–H and O–H groups in total. The first-order valence-corrected chi connectivity index (χ1v) is 13.1. The Hall–Kier alpha value is -3.46. The average Bonchev–Trinajstić information content (AvgIpc) is 2.88. The molecule has 2 aromatic rings. The van der Waals surface area contributed by atoms with E-state index in [1.807, 2.05) is 31.2 Å². The highest BCUT2D eigenvalue weighted by Gasteiger charge is 2.34. The minimum Gasteiger partial charge on any atom is -0.481 e. The minimum atomic E-state index is -0.781. The van der Waals surface area contributed by atoms with Crippen molar-refractivity contribution in [2.45, 2.75) is 76.9 Å². The first-order valence-electron chi connectivity index (χ1n) is 13.1. The monoisotopic (exact) mass is 509 g/mol. The van der Waals surface area contributed by atoms with Crippen LogP contribution in [0.3, 0.4) is 0 Å². The first-order chi connectivity index (χ1) is 17.7. The van der Waals surface area contributed by atoms with E-state index in [1.54, 1.807) is 13.0 Å². The number of likely N-dealkylation sites (tertiary alicyclic amines) is 1. The number of carboxylic acid groups (broad SMARTS) is 1. The van der Waals surface area contributed by atoms with E-state index >= 15 is 0 Å². The van der Waals surface area contributed by atoms with Gasteiger partial charge in [0.25, 0.3) is 0 Å². The summed E-state index contributed by atoms with van der Waals surface area (Å²) in [5, 5.41) is 14.7. The number of unbranched alkanes of at least 4 members (excludes halogenated alkanes) is 2. The van der Waals surface area contributed by atoms with Crippen molar-refractivity contribution in [3.63, 3.8) is 0 Å². The Morgan fingerprint density at radius 2 is 1.89 bits per heavy atom. The summed E-state index contributed by atoms with van der Waals surface area (Å²) in [6, 6.07) is 12.7. The van der Waals surface area contributed by atoms with Crippen LogP contribution in [0.25, 0.3) is 0 Å². The van der Waals surface area contributed by atoms with Gasteiger partial charge in [0.1, 0.15) is 11.9 Å². The zero-order valence-electron chi connectivity index (χ0n) is 21.8. The van der Waals surface area contributed by atoms with Gasteiger partial charge in [-0.25, -0.2) is 4.98 Å². The number of benzene rings is 1. The topological polar surface area (TPSA) is 138 Å². The van der Waals surface area contributed by atoms with Crippen LogP contribution in [0.1, 0.15) is 68.2 Å². The van der Waals surface area contributed by atoms with Crippen molar-refractivity contribution < 1.29 is 19.5 Å². The highest BCUT2D eigenvalue weighted by atomic mass is 16.4. The number of carboxylic acids is 1. The molecule has 2 heterocycles. The van der Waals surface area contributed by atoms with Gasteiger partial charge in [-0.2, -0.15) is 0 Å². The van der Waals surface area contributed by atoms with Crippen LogP contribution in [0.4, 0.5) is 5.82 Å². The smallest absolute Gasteiger partial charge is 0.303 e. The minimum absolute atomic E-state index is 0.154. The summed E-state index contributed by atoms with van der Waals surface area (Å²) in [5.41, 5.74) is 8.54. The molecule has 0 spiro atoms. The third kappa shape index (κ3) is 8.56. The van der Waals surface area contributed by atoms with Gasteiger partial charge in [0.2, 0.25) is 11.8 Å². The summed E-state index contributed by atoms with van der Waals surface area (Å²) in [7, 11) is 0. The molecule has 1 aromatic heterocycles. The molecular formula is C28H39N5O4. The number of pyridine rings is 1. The van der Waals surface area contributed by atoms with Gasteiger partial charge < -0.3 is 21.5 Å². The van der Waals surface area contributed by atoms with E-state index in [2.05, 4.69) is 32.7 Å². The van der Waals surface area contributed by atoms with E-state index < -0.39 is 12.0 Å². The summed E-state index contributed by atoms with van der Waals surface area (Å²) in [5.74, 6) is -0.498. The molecule has 3 rings (SSSR count). The summed E-state index contributed by atoms with van der Waals surface area (Å²) in [4.78, 5) is 43.3. The Balaban J connectivity index is 1.59. The summed E-state index contributed by atoms with van der Waals surface area (Å²) in [6.07, 6.45) is 4.06. The molecule has 0 aliphatic carbocycles. The number of aryl methyl sites for hydroxylation is 1. The van der Waals surface area contributed by atoms with E-state index in [0.29, 0.717) is 25.2 Å². The lowest BCUT2D eigenvalue weighted by atomic mass is 9.84. The lowest BCUT2D eigenvalue weighted by Gasteiger charge is -2.39. The lowest BCUT2D eigenvalue weighted by molar-refractivity contribution is -0.137. The normalized spacial score (nSPS) is 18.6. The Morgan fingerprint density at radius 1 is 1.14 bits per heavy atom. The highest BCUT2D eigenvalue weighted by molar-refractivity contribution is 5.89. The number of nitrogens with two attached hydrogens (primary N) is 1. The number of hydrogen-bond acceptors (Lipinski definition) is 6. The molecule has 1 aliphatic heterocycles. The summed E-state index contributed by atoms with van der Waals surface area (Å²) >= 11 is 0. The number of rotatable bonds is 12. The molecule has 9 heteroatoms. The number of carbonyl (C=O) groups is 3. The molecule has 1 aliphatic rings. The van der Waals surface area contributed by atoms with Crippen LogP contribution in [0.2, 0.25) is 0 Å². The fourth-order valence-corrected chi connectivity index (χ4v) is 4.86. The number of nitrogens with one attached hydrogen (secondary N) is 2. The van der Waals surface area contributed by atoms with Crippen LogP contribution in [0.5, 0.6) is 0 Å². The maximum atomic E-state index is 13.4. The molecule has 1 fully saturated rings. The number of aliphatic carboxylic acids is 1. The van der Waals surface area contributed by atoms with Crippen LogP contribution in [0, 0.1) is 6.92 Å². The van der Waals surface area contributed by atoms with E-state index in [-0.39, 0.29) is 30.2 Å². The molecule has 9 nitrogen and oxygen atoms in total. The number of piperidine rings is 1. The van der Waals surface area contributed by atoms with Crippen LogP contribution in [-0.4, -0.2) is 57.9 Å². The quantitative estimate of drug-likeness (QED) is 0.323. The van der Waals surface area contributed by atoms with Crippen molar-refractivity contribution in [2.24, 2.45) is 0 Å². The fourth-order valence-electron chi connectivity index (χ4n) is 4.86. The van der Waals surface area contributed by atoms with Crippen LogP contribution < -0.4 is 16.4 Å². The third-order valence-electron chi connectivity index (χ3n) is 7.04. The van der Waals surface area contributed by atoms with Crippen LogP contribution in [-0.2, 0) is 20.9 Å². The van der Waals surface area contributed by atoms with E-state index in [0.717, 1.165) is 43.6 Å². The SMILES string of the molecule is Cc1nc(N)ccc1CNC(=O)[C@H](C)NC(=O)C1C[C@@H](c2ccccc2)CCN1CCCCCC(=O)O. The summed E-state index contributed by atoms with van der Waals surface area (Å²) < 4.78 is 0. The Bertz CT molecular complexity index is 1060. The largest absolute Gasteiger partial charge is 0.481 e. The first kappa shape index (κ1) is 28.1. The number of carbonyl (C=O) groups excluding carboxylic acids is 2. The molecule has 1 saturated heterocycles. The zero-order chi connectivity index (χ0) is 26.8. The second-order valence-electron chi connectivity index (χ2n) is 9.82. The number of amides is 2. The molecule has 1 unspecified atom stereocenters. The maximum absolute atomic E-state index is 13.4. The number of aromatic nitrogens is 1. The van der Waals surface area contributed by atoms with Gasteiger partial charge in [0.05, 0.1) is 6.04 Å². The molecule has 200 valence electrons. The molecule has 1 aromatic carbocycles. The maximum Gasteiger partial charge on any atom is 0.303 e. The van der Waals surface area contributed by atoms with Gasteiger partial charge in [-0.05, 0) is 75.7 Å². The average molecular weight is 510 g/mol. The Labute approximate surface area is 218 Å². The number of anilines is 1. The Kier molecular flexibility index (Phi) is 10.4. The second-order valence-corrected chi connectivity index (χ2v) is 9.82. The molecular weight excluding hydrogens is 470 g/mol. The van der Waals surface area contributed by atoms with Gasteiger partial charge in [0, 0.05) is 18.7 Å². The highest BCUT2D eigenvalue weighted by Crippen LogP contribution is 2.32. The van der Waals surface area contributed by atoms with Crippen molar-refractivity contribution >= 4 is 23.6 Å². The predicted molar refractivity (Wildman–Crippen MR) is 143 cm³/mol. The van der Waals surface area contributed by atoms with Gasteiger partial charge in [-0.3, -0.25) is 19.3 Å². The number of nitrogens with zero attached hydrogens (tertiary/aromatic N) is 2. The van der Waals surface area contributed by atoms with Crippen LogP contribution in [0.15, 0.2) is 42.5 Å². The zero-order valence-corrected chi connectivity index (χ0v) is 21.8. The van der Waals surface area contributed by atoms with Crippen molar-refractivity contribution in [2.75, 3.05) is 18.8 Å². The molecule has 37 heavy (non-hydrogen) atoms. The van der Waals surface area contributed by atoms with Crippen molar-refractivity contribution in [3.8, 4) is 0 Å². The number of nitrogen functional groups attached to an aromatic ring is 1. The van der Waals surface area contributed by atoms with Crippen molar-refractivity contribution in [1.82, 2.24) is 20.5 Å². The van der Waals surface area contributed by atoms with E-state index in [4.69, 9.17) is 10.8 Å². The van der Waals surface area contributed by atoms with Gasteiger partial charge in [-0.15, -0.1) is 0 Å². The van der Waals surface area contributed by atoms with Crippen molar-refractivity contribution in [3.05, 3.63) is 59.3 Å². The van der Waals surface area contributed by atoms with Gasteiger partial charge in [0.15, 0.2) is 0 Å². The van der Waals surface area contributed by atoms with E-state index in [9.17, 15) is 14.4 Å². The van der Waals surface area contributed by atoms with Crippen molar-refractivity contribution in [1.29, 1.82) is 0 Å². The molecule has 0 saturated carbocycles. The number of hydrogen-bond donors (Lipinski definition) is 4. The van der Waals surface area contributed by atoms with Crippen LogP contribution >= 0.6 is 0 Å². The molecule has 0 radical (unpaired) electrons. The van der Waals surface area contributed by atoms with E-state index in [1.165, 1.54) is 5.56 Å². The summed E-state index contributed by atoms with van der Waals surface area (Å²) in [6.45, 7) is 5.34. The predicted octanol–water partition coefficient (Wildman–Crippen LogP) is 2.99. The molecule has 3 atom stereocenters. The fraction of sp³-hybridized carbons (Fsp3) is 0.500. The lowest BCUT2D eigenvalue weighted by Crippen LogP contribution is -2.55. The van der Waals surface area contributed by atoms with Gasteiger partial charge >= 0.3 is 5.97 Å². The second kappa shape index (κ2) is 13.7. The van der Waals surface area contributed by atoms with Gasteiger partial charge in [-0.1, -0.05) is 42.8 Å². The third-order valence-corrected chi connectivity index (χ3v) is 7.04. The standard InChI is InChI=1S/C28H39N5O4/c1-19-23(12-13-25(29)31-19)18-30-27(36)20(2)32-28(37)24-17-22(21-9-5-3-6-10-21)14-16-33(24)15-8-4-7-11-26(34)35/h3,5-6,9-10,12-13,20,22,24H,4,7-8,11,14-18H2,1-2H3,(H2,29,31)(H,30,36)(H,32,37)(H,34,35)/t20-,22-,24?/m0/s1. The molecule has 0 bridgehead atoms. The Morgan fingerprint density at radius 3 is 2.59 bits per heavy atom. The molecule has 2 amide bonds.